The molecule has 0 unspecified atom stereocenters. The van der Waals surface area contributed by atoms with Gasteiger partial charge in [-0.25, -0.2) is 0 Å². The largest absolute Gasteiger partial charge is 0.385 e. The van der Waals surface area contributed by atoms with E-state index in [1.54, 1.807) is 7.11 Å². The Bertz CT molecular complexity index is 159. The Morgan fingerprint density at radius 3 is 2.42 bits per heavy atom. The first-order chi connectivity index (χ1) is 5.68. The van der Waals surface area contributed by atoms with Gasteiger partial charge in [-0.3, -0.25) is 0 Å². The van der Waals surface area contributed by atoms with Crippen LogP contribution in [0, 0.1) is 5.41 Å². The van der Waals surface area contributed by atoms with E-state index >= 15 is 0 Å². The summed E-state index contributed by atoms with van der Waals surface area (Å²) in [7, 11) is 1.77. The Hall–Kier alpha value is -0.0800. The standard InChI is InChI=1S/C10H19NO/c1-12-5-3-2-4-9-6-10(11,7-9)8-9/h2-8,11H2,1H3. The summed E-state index contributed by atoms with van der Waals surface area (Å²) >= 11 is 0. The van der Waals surface area contributed by atoms with E-state index in [0.717, 1.165) is 6.61 Å². The zero-order chi connectivity index (χ0) is 8.66. The summed E-state index contributed by atoms with van der Waals surface area (Å²) < 4.78 is 5.02. The normalized spacial score (nSPS) is 43.5. The molecule has 12 heavy (non-hydrogen) atoms. The van der Waals surface area contributed by atoms with E-state index in [1.807, 2.05) is 0 Å². The molecule has 0 aliphatic heterocycles. The predicted octanol–water partition coefficient (Wildman–Crippen LogP) is 1.68. The zero-order valence-corrected chi connectivity index (χ0v) is 7.94. The molecule has 0 saturated heterocycles. The molecule has 0 aromatic heterocycles. The van der Waals surface area contributed by atoms with Crippen molar-refractivity contribution in [2.75, 3.05) is 13.7 Å². The molecule has 70 valence electrons. The maximum atomic E-state index is 5.98. The number of hydrogen-bond donors (Lipinski definition) is 1. The number of hydrogen-bond acceptors (Lipinski definition) is 2. The molecule has 3 aliphatic rings. The molecule has 0 heterocycles. The lowest BCUT2D eigenvalue weighted by Crippen LogP contribution is -2.71. The molecule has 0 atom stereocenters. The first-order valence-electron chi connectivity index (χ1n) is 4.96. The van der Waals surface area contributed by atoms with E-state index in [2.05, 4.69) is 0 Å². The van der Waals surface area contributed by atoms with Crippen molar-refractivity contribution in [3.8, 4) is 0 Å². The van der Waals surface area contributed by atoms with E-state index < -0.39 is 0 Å². The van der Waals surface area contributed by atoms with Crippen LogP contribution in [0.3, 0.4) is 0 Å². The molecule has 0 radical (unpaired) electrons. The van der Waals surface area contributed by atoms with Crippen LogP contribution in [0.25, 0.3) is 0 Å². The van der Waals surface area contributed by atoms with Crippen molar-refractivity contribution in [2.45, 2.75) is 44.1 Å². The number of unbranched alkanes of at least 4 members (excludes halogenated alkanes) is 1. The van der Waals surface area contributed by atoms with Gasteiger partial charge in [-0.2, -0.15) is 0 Å². The molecular formula is C10H19NO. The molecule has 0 spiro atoms. The number of methoxy groups -OCH3 is 1. The van der Waals surface area contributed by atoms with Crippen LogP contribution in [0.5, 0.6) is 0 Å². The molecule has 0 aromatic carbocycles. The molecule has 0 amide bonds. The Labute approximate surface area is 74.5 Å². The maximum Gasteiger partial charge on any atom is 0.0462 e. The van der Waals surface area contributed by atoms with Gasteiger partial charge >= 0.3 is 0 Å². The summed E-state index contributed by atoms with van der Waals surface area (Å²) in [5.41, 5.74) is 6.97. The van der Waals surface area contributed by atoms with Gasteiger partial charge in [0.15, 0.2) is 0 Å². The van der Waals surface area contributed by atoms with Gasteiger partial charge in [-0.1, -0.05) is 6.42 Å². The fourth-order valence-corrected chi connectivity index (χ4v) is 3.10. The molecule has 2 heteroatoms. The molecule has 2 nitrogen and oxygen atoms in total. The average molecular weight is 169 g/mol. The molecule has 2 bridgehead atoms. The lowest BCUT2D eigenvalue weighted by atomic mass is 9.38. The molecule has 2 N–H and O–H groups in total. The van der Waals surface area contributed by atoms with Crippen molar-refractivity contribution in [2.24, 2.45) is 11.1 Å². The van der Waals surface area contributed by atoms with Crippen LogP contribution >= 0.6 is 0 Å². The molecular weight excluding hydrogens is 150 g/mol. The van der Waals surface area contributed by atoms with Crippen molar-refractivity contribution >= 4 is 0 Å². The fraction of sp³-hybridized carbons (Fsp3) is 1.00. The number of rotatable bonds is 5. The third-order valence-corrected chi connectivity index (χ3v) is 3.49. The highest BCUT2D eigenvalue weighted by atomic mass is 16.5. The van der Waals surface area contributed by atoms with E-state index in [1.165, 1.54) is 38.5 Å². The molecule has 0 aromatic rings. The van der Waals surface area contributed by atoms with Gasteiger partial charge in [-0.05, 0) is 37.5 Å². The highest BCUT2D eigenvalue weighted by Crippen LogP contribution is 2.67. The minimum absolute atomic E-state index is 0.293. The average Bonchev–Trinajstić information content (AvgIpc) is 1.92. The van der Waals surface area contributed by atoms with Gasteiger partial charge < -0.3 is 10.5 Å². The Balaban J connectivity index is 1.58. The van der Waals surface area contributed by atoms with Crippen molar-refractivity contribution in [1.82, 2.24) is 0 Å². The first-order valence-corrected chi connectivity index (χ1v) is 4.96. The van der Waals surface area contributed by atoms with Crippen LogP contribution in [0.4, 0.5) is 0 Å². The van der Waals surface area contributed by atoms with Crippen molar-refractivity contribution < 1.29 is 4.74 Å². The van der Waals surface area contributed by atoms with Crippen LogP contribution in [0.15, 0.2) is 0 Å². The maximum absolute atomic E-state index is 5.98. The minimum Gasteiger partial charge on any atom is -0.385 e. The van der Waals surface area contributed by atoms with Gasteiger partial charge in [0.05, 0.1) is 0 Å². The second kappa shape index (κ2) is 2.71. The predicted molar refractivity (Wildman–Crippen MR) is 48.9 cm³/mol. The lowest BCUT2D eigenvalue weighted by molar-refractivity contribution is -0.137. The van der Waals surface area contributed by atoms with Gasteiger partial charge in [0.1, 0.15) is 0 Å². The Morgan fingerprint density at radius 1 is 1.25 bits per heavy atom. The third kappa shape index (κ3) is 1.27. The smallest absolute Gasteiger partial charge is 0.0462 e. The van der Waals surface area contributed by atoms with Crippen molar-refractivity contribution in [3.05, 3.63) is 0 Å². The van der Waals surface area contributed by atoms with E-state index in [4.69, 9.17) is 10.5 Å². The van der Waals surface area contributed by atoms with Crippen LogP contribution < -0.4 is 5.73 Å². The Kier molecular flexibility index (Phi) is 1.92. The van der Waals surface area contributed by atoms with E-state index in [9.17, 15) is 0 Å². The highest BCUT2D eigenvalue weighted by molar-refractivity contribution is 5.21. The molecule has 3 rings (SSSR count). The summed E-state index contributed by atoms with van der Waals surface area (Å²) in [6.07, 6.45) is 7.82. The lowest BCUT2D eigenvalue weighted by Gasteiger charge is -2.69. The first kappa shape index (κ1) is 8.52. The molecule has 3 fully saturated rings. The summed E-state index contributed by atoms with van der Waals surface area (Å²) in [5, 5.41) is 0. The quantitative estimate of drug-likeness (QED) is 0.635. The second-order valence-corrected chi connectivity index (χ2v) is 4.84. The van der Waals surface area contributed by atoms with Crippen molar-refractivity contribution in [1.29, 1.82) is 0 Å². The number of ether oxygens (including phenoxy) is 1. The van der Waals surface area contributed by atoms with Crippen LogP contribution in [0.2, 0.25) is 0 Å². The zero-order valence-electron chi connectivity index (χ0n) is 7.94. The van der Waals surface area contributed by atoms with Crippen LogP contribution in [-0.2, 0) is 4.74 Å². The van der Waals surface area contributed by atoms with Gasteiger partial charge in [0.25, 0.3) is 0 Å². The number of nitrogens with two attached hydrogens (primary N) is 1. The van der Waals surface area contributed by atoms with Gasteiger partial charge in [-0.15, -0.1) is 0 Å². The van der Waals surface area contributed by atoms with Crippen molar-refractivity contribution in [3.63, 3.8) is 0 Å². The van der Waals surface area contributed by atoms with E-state index in [0.29, 0.717) is 11.0 Å². The van der Waals surface area contributed by atoms with Crippen LogP contribution in [0.1, 0.15) is 38.5 Å². The minimum atomic E-state index is 0.293. The van der Waals surface area contributed by atoms with Crippen LogP contribution in [-0.4, -0.2) is 19.3 Å². The highest BCUT2D eigenvalue weighted by Gasteiger charge is 2.64. The molecule has 3 saturated carbocycles. The van der Waals surface area contributed by atoms with E-state index in [-0.39, 0.29) is 0 Å². The summed E-state index contributed by atoms with van der Waals surface area (Å²) in [6, 6.07) is 0. The van der Waals surface area contributed by atoms with Gasteiger partial charge in [0, 0.05) is 19.3 Å². The van der Waals surface area contributed by atoms with Gasteiger partial charge in [0.2, 0.25) is 0 Å². The monoisotopic (exact) mass is 169 g/mol. The fourth-order valence-electron chi connectivity index (χ4n) is 3.10. The SMILES string of the molecule is COCCCCC12CC(N)(C1)C2. The summed E-state index contributed by atoms with van der Waals surface area (Å²) in [5.74, 6) is 0. The molecule has 3 aliphatic carbocycles. The second-order valence-electron chi connectivity index (χ2n) is 4.84. The summed E-state index contributed by atoms with van der Waals surface area (Å²) in [4.78, 5) is 0. The summed E-state index contributed by atoms with van der Waals surface area (Å²) in [6.45, 7) is 0.920. The Morgan fingerprint density at radius 2 is 1.92 bits per heavy atom. The third-order valence-electron chi connectivity index (χ3n) is 3.49. The topological polar surface area (TPSA) is 35.2 Å².